The Balaban J connectivity index is 0.000000252. The fourth-order valence-electron chi connectivity index (χ4n) is 0.497. The molecular formula is C7H10NO4P. The molecule has 0 amide bonds. The highest BCUT2D eigenvalue weighted by Crippen LogP contribution is 2.25. The van der Waals surface area contributed by atoms with E-state index in [0.29, 0.717) is 0 Å². The van der Waals surface area contributed by atoms with Gasteiger partial charge in [-0.15, -0.1) is 0 Å². The van der Waals surface area contributed by atoms with Crippen LogP contribution in [0.3, 0.4) is 0 Å². The molecule has 3 N–H and O–H groups in total. The topological polar surface area (TPSA) is 90.7 Å². The Hall–Kier alpha value is -1.00. The minimum absolute atomic E-state index is 0.924. The predicted molar refractivity (Wildman–Crippen MR) is 48.6 cm³/mol. The lowest BCUT2D eigenvalue weighted by Crippen LogP contribution is -1.73. The standard InChI is InChI=1S/C7H7N.H3O4P/c1-2-7-5-3-4-6-8-7;1-5(2,3)4/h2-6H,1H2;(H3,1,2,3,4). The molecule has 13 heavy (non-hydrogen) atoms. The molecule has 1 rings (SSSR count). The van der Waals surface area contributed by atoms with Crippen molar-refractivity contribution in [2.45, 2.75) is 0 Å². The third-order valence-corrected chi connectivity index (χ3v) is 0.897. The van der Waals surface area contributed by atoms with E-state index >= 15 is 0 Å². The van der Waals surface area contributed by atoms with Crippen molar-refractivity contribution >= 4 is 13.9 Å². The summed E-state index contributed by atoms with van der Waals surface area (Å²) in [4.78, 5) is 25.5. The molecule has 0 saturated carbocycles. The van der Waals surface area contributed by atoms with Crippen molar-refractivity contribution in [2.24, 2.45) is 0 Å². The van der Waals surface area contributed by atoms with Gasteiger partial charge >= 0.3 is 7.82 Å². The molecule has 0 spiro atoms. The van der Waals surface area contributed by atoms with Crippen molar-refractivity contribution in [2.75, 3.05) is 0 Å². The summed E-state index contributed by atoms with van der Waals surface area (Å²) >= 11 is 0. The number of phosphoric acid groups is 1. The first-order chi connectivity index (χ1) is 5.93. The van der Waals surface area contributed by atoms with E-state index in [1.165, 1.54) is 0 Å². The smallest absolute Gasteiger partial charge is 0.303 e. The van der Waals surface area contributed by atoms with Crippen LogP contribution < -0.4 is 0 Å². The van der Waals surface area contributed by atoms with E-state index < -0.39 is 7.82 Å². The average molecular weight is 203 g/mol. The van der Waals surface area contributed by atoms with Crippen LogP contribution in [0.4, 0.5) is 0 Å². The van der Waals surface area contributed by atoms with Gasteiger partial charge in [0.15, 0.2) is 0 Å². The zero-order valence-corrected chi connectivity index (χ0v) is 7.63. The lowest BCUT2D eigenvalue weighted by molar-refractivity contribution is 0.275. The van der Waals surface area contributed by atoms with E-state index in [9.17, 15) is 0 Å². The number of rotatable bonds is 1. The molecule has 0 aliphatic carbocycles. The van der Waals surface area contributed by atoms with Gasteiger partial charge in [-0.2, -0.15) is 0 Å². The summed E-state index contributed by atoms with van der Waals surface area (Å²) in [5.74, 6) is 0. The lowest BCUT2D eigenvalue weighted by Gasteiger charge is -1.84. The van der Waals surface area contributed by atoms with E-state index in [2.05, 4.69) is 11.6 Å². The Morgan fingerprint density at radius 1 is 1.38 bits per heavy atom. The maximum Gasteiger partial charge on any atom is 0.466 e. The van der Waals surface area contributed by atoms with Crippen LogP contribution in [-0.2, 0) is 4.57 Å². The SMILES string of the molecule is C=Cc1ccccn1.O=P(O)(O)O. The quantitative estimate of drug-likeness (QED) is 0.587. The Morgan fingerprint density at radius 3 is 2.15 bits per heavy atom. The third kappa shape index (κ3) is 11.0. The van der Waals surface area contributed by atoms with E-state index in [0.717, 1.165) is 5.69 Å². The van der Waals surface area contributed by atoms with Crippen molar-refractivity contribution in [1.82, 2.24) is 4.98 Å². The Kier molecular flexibility index (Phi) is 5.18. The van der Waals surface area contributed by atoms with E-state index in [1.54, 1.807) is 12.3 Å². The predicted octanol–water partition coefficient (Wildman–Crippen LogP) is 0.796. The highest BCUT2D eigenvalue weighted by Gasteiger charge is 2.00. The van der Waals surface area contributed by atoms with Crippen LogP contribution in [0.15, 0.2) is 31.0 Å². The molecule has 0 unspecified atom stereocenters. The van der Waals surface area contributed by atoms with Gasteiger partial charge in [0.05, 0.1) is 5.69 Å². The molecule has 0 aliphatic rings. The van der Waals surface area contributed by atoms with Crippen LogP contribution in [0, 0.1) is 0 Å². The maximum atomic E-state index is 8.88. The summed E-state index contributed by atoms with van der Waals surface area (Å²) in [6.07, 6.45) is 3.47. The van der Waals surface area contributed by atoms with Crippen molar-refractivity contribution in [3.8, 4) is 0 Å². The first kappa shape index (κ1) is 12.0. The third-order valence-electron chi connectivity index (χ3n) is 0.897. The zero-order chi connectivity index (χ0) is 10.3. The summed E-state index contributed by atoms with van der Waals surface area (Å²) in [6, 6.07) is 5.73. The van der Waals surface area contributed by atoms with Gasteiger partial charge < -0.3 is 14.7 Å². The number of hydrogen-bond donors (Lipinski definition) is 3. The molecule has 0 aliphatic heterocycles. The van der Waals surface area contributed by atoms with Crippen LogP contribution in [0.1, 0.15) is 5.69 Å². The van der Waals surface area contributed by atoms with Gasteiger partial charge in [-0.3, -0.25) is 4.98 Å². The summed E-state index contributed by atoms with van der Waals surface area (Å²) < 4.78 is 8.88. The largest absolute Gasteiger partial charge is 0.466 e. The fourth-order valence-corrected chi connectivity index (χ4v) is 0.497. The zero-order valence-electron chi connectivity index (χ0n) is 6.74. The number of nitrogens with zero attached hydrogens (tertiary/aromatic N) is 1. The van der Waals surface area contributed by atoms with Gasteiger partial charge in [-0.1, -0.05) is 12.6 Å². The first-order valence-electron chi connectivity index (χ1n) is 3.25. The van der Waals surface area contributed by atoms with Crippen LogP contribution in [0.25, 0.3) is 6.08 Å². The molecule has 0 atom stereocenters. The monoisotopic (exact) mass is 203 g/mol. The van der Waals surface area contributed by atoms with Crippen molar-refractivity contribution in [1.29, 1.82) is 0 Å². The fraction of sp³-hybridized carbons (Fsp3) is 0. The van der Waals surface area contributed by atoms with Crippen LogP contribution in [-0.4, -0.2) is 19.7 Å². The molecule has 0 fully saturated rings. The van der Waals surface area contributed by atoms with E-state index in [1.807, 2.05) is 18.2 Å². The van der Waals surface area contributed by atoms with Gasteiger partial charge in [0.2, 0.25) is 0 Å². The van der Waals surface area contributed by atoms with Gasteiger partial charge in [-0.05, 0) is 18.2 Å². The first-order valence-corrected chi connectivity index (χ1v) is 4.82. The highest BCUT2D eigenvalue weighted by atomic mass is 31.2. The molecule has 0 radical (unpaired) electrons. The van der Waals surface area contributed by atoms with E-state index in [4.69, 9.17) is 19.2 Å². The van der Waals surface area contributed by atoms with E-state index in [-0.39, 0.29) is 0 Å². The second-order valence-corrected chi connectivity index (χ2v) is 3.00. The molecule has 1 aromatic rings. The number of hydrogen-bond acceptors (Lipinski definition) is 2. The summed E-state index contributed by atoms with van der Waals surface area (Å²) in [6.45, 7) is 3.57. The molecular weight excluding hydrogens is 193 g/mol. The number of pyridine rings is 1. The minimum atomic E-state index is -4.64. The van der Waals surface area contributed by atoms with Crippen molar-refractivity contribution < 1.29 is 19.2 Å². The maximum absolute atomic E-state index is 8.88. The molecule has 0 aromatic carbocycles. The van der Waals surface area contributed by atoms with Crippen molar-refractivity contribution in [3.05, 3.63) is 36.7 Å². The molecule has 0 saturated heterocycles. The van der Waals surface area contributed by atoms with Crippen LogP contribution in [0.2, 0.25) is 0 Å². The molecule has 1 heterocycles. The normalized spacial score (nSPS) is 9.77. The van der Waals surface area contributed by atoms with Gasteiger partial charge in [0.25, 0.3) is 0 Å². The van der Waals surface area contributed by atoms with Crippen LogP contribution in [0.5, 0.6) is 0 Å². The molecule has 6 heteroatoms. The Labute approximate surface area is 75.6 Å². The van der Waals surface area contributed by atoms with Gasteiger partial charge in [0.1, 0.15) is 0 Å². The molecule has 72 valence electrons. The lowest BCUT2D eigenvalue weighted by atomic mass is 10.4. The van der Waals surface area contributed by atoms with Gasteiger partial charge in [-0.25, -0.2) is 4.57 Å². The second-order valence-electron chi connectivity index (χ2n) is 1.97. The Morgan fingerprint density at radius 2 is 1.92 bits per heavy atom. The van der Waals surface area contributed by atoms with Crippen molar-refractivity contribution in [3.63, 3.8) is 0 Å². The Bertz CT molecular complexity index is 286. The average Bonchev–Trinajstić information content (AvgIpc) is 2.03. The molecule has 0 bridgehead atoms. The summed E-state index contributed by atoms with van der Waals surface area (Å²) in [5, 5.41) is 0. The molecule has 5 nitrogen and oxygen atoms in total. The highest BCUT2D eigenvalue weighted by molar-refractivity contribution is 7.45. The second kappa shape index (κ2) is 5.61. The van der Waals surface area contributed by atoms with Gasteiger partial charge in [0, 0.05) is 6.20 Å². The minimum Gasteiger partial charge on any atom is -0.303 e. The summed E-state index contributed by atoms with van der Waals surface area (Å²) in [7, 11) is -4.64. The van der Waals surface area contributed by atoms with Crippen LogP contribution >= 0.6 is 7.82 Å². The summed E-state index contributed by atoms with van der Waals surface area (Å²) in [5.41, 5.74) is 0.924. The number of aromatic nitrogens is 1. The molecule has 1 aromatic heterocycles.